The Bertz CT molecular complexity index is 674. The minimum atomic E-state index is -3.96. The number of aryl methyl sites for hydroxylation is 1. The van der Waals surface area contributed by atoms with E-state index in [1.165, 1.54) is 19.1 Å². The lowest BCUT2D eigenvalue weighted by Crippen LogP contribution is -2.52. The molecule has 21 heavy (non-hydrogen) atoms. The van der Waals surface area contributed by atoms with Crippen LogP contribution in [-0.4, -0.2) is 35.9 Å². The van der Waals surface area contributed by atoms with Gasteiger partial charge < -0.3 is 5.11 Å². The van der Waals surface area contributed by atoms with Crippen LogP contribution in [-0.2, 0) is 14.8 Å². The van der Waals surface area contributed by atoms with Crippen LogP contribution in [0.1, 0.15) is 31.7 Å². The maximum absolute atomic E-state index is 13.3. The molecular formula is C14H18FNO4S. The van der Waals surface area contributed by atoms with E-state index in [9.17, 15) is 22.7 Å². The van der Waals surface area contributed by atoms with E-state index in [0.717, 1.165) is 10.4 Å². The van der Waals surface area contributed by atoms with E-state index in [2.05, 4.69) is 0 Å². The number of sulfonamides is 1. The number of aliphatic carboxylic acids is 1. The molecule has 1 heterocycles. The normalized spacial score (nSPS) is 23.4. The first-order chi connectivity index (χ1) is 9.75. The summed E-state index contributed by atoms with van der Waals surface area (Å²) < 4.78 is 39.8. The molecule has 1 aliphatic heterocycles. The van der Waals surface area contributed by atoms with E-state index in [1.807, 2.05) is 0 Å². The second-order valence-corrected chi connectivity index (χ2v) is 7.14. The minimum absolute atomic E-state index is 0.0672. The number of carboxylic acids is 1. The van der Waals surface area contributed by atoms with Crippen LogP contribution in [0.5, 0.6) is 0 Å². The number of halogens is 1. The molecule has 0 bridgehead atoms. The van der Waals surface area contributed by atoms with E-state index in [1.54, 1.807) is 6.92 Å². The number of benzene rings is 1. The van der Waals surface area contributed by atoms with Crippen LogP contribution in [0.25, 0.3) is 0 Å². The van der Waals surface area contributed by atoms with Crippen molar-refractivity contribution in [2.45, 2.75) is 43.5 Å². The summed E-state index contributed by atoms with van der Waals surface area (Å²) in [7, 11) is -3.96. The lowest BCUT2D eigenvalue weighted by atomic mass is 9.95. The molecule has 1 aliphatic rings. The molecule has 116 valence electrons. The Labute approximate surface area is 123 Å². The van der Waals surface area contributed by atoms with Gasteiger partial charge in [0.25, 0.3) is 0 Å². The predicted octanol–water partition coefficient (Wildman–Crippen LogP) is 2.15. The van der Waals surface area contributed by atoms with Crippen molar-refractivity contribution in [3.05, 3.63) is 29.6 Å². The van der Waals surface area contributed by atoms with Crippen molar-refractivity contribution in [1.29, 1.82) is 0 Å². The van der Waals surface area contributed by atoms with Crippen LogP contribution in [0.4, 0.5) is 4.39 Å². The highest BCUT2D eigenvalue weighted by atomic mass is 32.2. The number of rotatable bonds is 4. The molecular weight excluding hydrogens is 297 g/mol. The van der Waals surface area contributed by atoms with Gasteiger partial charge in [0.15, 0.2) is 0 Å². The quantitative estimate of drug-likeness (QED) is 0.924. The molecule has 5 nitrogen and oxygen atoms in total. The Morgan fingerprint density at radius 3 is 2.67 bits per heavy atom. The Balaban J connectivity index is 2.52. The SMILES string of the molecule is CCC1(C(=O)O)CCCN1S(=O)(=O)c1ccc(F)c(C)c1. The summed E-state index contributed by atoms with van der Waals surface area (Å²) in [4.78, 5) is 11.5. The molecule has 1 saturated heterocycles. The first-order valence-corrected chi connectivity index (χ1v) is 8.22. The third-order valence-corrected chi connectivity index (χ3v) is 6.09. The Morgan fingerprint density at radius 2 is 2.14 bits per heavy atom. The van der Waals surface area contributed by atoms with Crippen LogP contribution in [0.2, 0.25) is 0 Å². The van der Waals surface area contributed by atoms with Crippen molar-refractivity contribution in [3.63, 3.8) is 0 Å². The van der Waals surface area contributed by atoms with Gasteiger partial charge in [-0.25, -0.2) is 12.8 Å². The van der Waals surface area contributed by atoms with Gasteiger partial charge in [0.2, 0.25) is 10.0 Å². The lowest BCUT2D eigenvalue weighted by molar-refractivity contribution is -0.147. The smallest absolute Gasteiger partial charge is 0.325 e. The Hall–Kier alpha value is -1.47. The fourth-order valence-electron chi connectivity index (χ4n) is 2.83. The fraction of sp³-hybridized carbons (Fsp3) is 0.500. The van der Waals surface area contributed by atoms with Crippen LogP contribution < -0.4 is 0 Å². The predicted molar refractivity (Wildman–Crippen MR) is 74.9 cm³/mol. The number of hydrogen-bond donors (Lipinski definition) is 1. The molecule has 1 N–H and O–H groups in total. The van der Waals surface area contributed by atoms with Gasteiger partial charge in [-0.15, -0.1) is 0 Å². The second-order valence-electron chi connectivity index (χ2n) is 5.28. The van der Waals surface area contributed by atoms with Gasteiger partial charge in [-0.1, -0.05) is 6.92 Å². The van der Waals surface area contributed by atoms with Crippen LogP contribution in [0.15, 0.2) is 23.1 Å². The van der Waals surface area contributed by atoms with Crippen LogP contribution in [0, 0.1) is 12.7 Å². The Morgan fingerprint density at radius 1 is 1.48 bits per heavy atom. The highest BCUT2D eigenvalue weighted by Gasteiger charge is 2.52. The summed E-state index contributed by atoms with van der Waals surface area (Å²) in [6, 6.07) is 3.51. The maximum atomic E-state index is 13.3. The van der Waals surface area contributed by atoms with Crippen molar-refractivity contribution in [2.24, 2.45) is 0 Å². The zero-order chi connectivity index (χ0) is 15.8. The topological polar surface area (TPSA) is 74.7 Å². The molecule has 0 aromatic heterocycles. The highest BCUT2D eigenvalue weighted by Crippen LogP contribution is 2.37. The van der Waals surface area contributed by atoms with Gasteiger partial charge in [0, 0.05) is 6.54 Å². The molecule has 1 fully saturated rings. The monoisotopic (exact) mass is 315 g/mol. The molecule has 0 radical (unpaired) electrons. The molecule has 2 rings (SSSR count). The van der Waals surface area contributed by atoms with Gasteiger partial charge >= 0.3 is 5.97 Å². The minimum Gasteiger partial charge on any atom is -0.480 e. The summed E-state index contributed by atoms with van der Waals surface area (Å²) in [5, 5.41) is 9.48. The average molecular weight is 315 g/mol. The summed E-state index contributed by atoms with van der Waals surface area (Å²) >= 11 is 0. The average Bonchev–Trinajstić information content (AvgIpc) is 2.87. The summed E-state index contributed by atoms with van der Waals surface area (Å²) in [6.07, 6.45) is 0.986. The van der Waals surface area contributed by atoms with E-state index in [-0.39, 0.29) is 29.8 Å². The second kappa shape index (κ2) is 5.38. The largest absolute Gasteiger partial charge is 0.480 e. The van der Waals surface area contributed by atoms with E-state index >= 15 is 0 Å². The molecule has 7 heteroatoms. The standard InChI is InChI=1S/C14H18FNO4S/c1-3-14(13(17)18)7-4-8-16(14)21(19,20)11-5-6-12(15)10(2)9-11/h5-6,9H,3-4,7-8H2,1-2H3,(H,17,18). The summed E-state index contributed by atoms with van der Waals surface area (Å²) in [5.41, 5.74) is -1.19. The van der Waals surface area contributed by atoms with Crippen LogP contribution >= 0.6 is 0 Å². The zero-order valence-corrected chi connectivity index (χ0v) is 12.8. The van der Waals surface area contributed by atoms with E-state index in [0.29, 0.717) is 6.42 Å². The molecule has 1 unspecified atom stereocenters. The number of carboxylic acid groups (broad SMARTS) is 1. The summed E-state index contributed by atoms with van der Waals surface area (Å²) in [5.74, 6) is -1.62. The van der Waals surface area contributed by atoms with Gasteiger partial charge in [0.1, 0.15) is 11.4 Å². The fourth-order valence-corrected chi connectivity index (χ4v) is 4.78. The van der Waals surface area contributed by atoms with Gasteiger partial charge in [-0.3, -0.25) is 4.79 Å². The van der Waals surface area contributed by atoms with E-state index in [4.69, 9.17) is 0 Å². The molecule has 0 spiro atoms. The van der Waals surface area contributed by atoms with Gasteiger partial charge in [0.05, 0.1) is 4.90 Å². The number of hydrogen-bond acceptors (Lipinski definition) is 3. The van der Waals surface area contributed by atoms with Gasteiger partial charge in [-0.2, -0.15) is 4.31 Å². The highest BCUT2D eigenvalue weighted by molar-refractivity contribution is 7.89. The zero-order valence-electron chi connectivity index (χ0n) is 12.0. The lowest BCUT2D eigenvalue weighted by Gasteiger charge is -2.32. The first-order valence-electron chi connectivity index (χ1n) is 6.78. The third kappa shape index (κ3) is 2.44. The molecule has 1 atom stereocenters. The van der Waals surface area contributed by atoms with Crippen molar-refractivity contribution in [3.8, 4) is 0 Å². The van der Waals surface area contributed by atoms with Crippen molar-refractivity contribution >= 4 is 16.0 Å². The van der Waals surface area contributed by atoms with Crippen molar-refractivity contribution in [1.82, 2.24) is 4.31 Å². The molecule has 0 amide bonds. The van der Waals surface area contributed by atoms with Gasteiger partial charge in [-0.05, 0) is 49.9 Å². The Kier molecular flexibility index (Phi) is 4.08. The number of nitrogens with zero attached hydrogens (tertiary/aromatic N) is 1. The molecule has 1 aromatic carbocycles. The van der Waals surface area contributed by atoms with E-state index < -0.39 is 27.3 Å². The van der Waals surface area contributed by atoms with Crippen LogP contribution in [0.3, 0.4) is 0 Å². The molecule has 0 saturated carbocycles. The first kappa shape index (κ1) is 15.9. The third-order valence-electron chi connectivity index (χ3n) is 4.13. The molecule has 1 aromatic rings. The van der Waals surface area contributed by atoms with Crippen molar-refractivity contribution in [2.75, 3.05) is 6.54 Å². The van der Waals surface area contributed by atoms with Crippen molar-refractivity contribution < 1.29 is 22.7 Å². The number of carbonyl (C=O) groups is 1. The maximum Gasteiger partial charge on any atom is 0.325 e. The molecule has 0 aliphatic carbocycles. The summed E-state index contributed by atoms with van der Waals surface area (Å²) in [6.45, 7) is 3.30.